The van der Waals surface area contributed by atoms with E-state index >= 15 is 0 Å². The lowest BCUT2D eigenvalue weighted by atomic mass is 10.1. The van der Waals surface area contributed by atoms with Crippen molar-refractivity contribution in [2.24, 2.45) is 5.92 Å². The fraction of sp³-hybridized carbons (Fsp3) is 0.316. The van der Waals surface area contributed by atoms with Gasteiger partial charge in [0.05, 0.1) is 0 Å². The number of carboxylic acids is 1. The zero-order chi connectivity index (χ0) is 19.4. The van der Waals surface area contributed by atoms with Gasteiger partial charge < -0.3 is 10.2 Å². The van der Waals surface area contributed by atoms with E-state index < -0.39 is 27.6 Å². The van der Waals surface area contributed by atoms with Crippen molar-refractivity contribution in [3.8, 4) is 5.75 Å². The Hall–Kier alpha value is -2.42. The van der Waals surface area contributed by atoms with Gasteiger partial charge >= 0.3 is 5.97 Å². The molecule has 0 radical (unpaired) electrons. The molecule has 142 valence electrons. The van der Waals surface area contributed by atoms with Crippen LogP contribution in [0, 0.1) is 5.92 Å². The highest BCUT2D eigenvalue weighted by Gasteiger charge is 2.70. The molecule has 8 heteroatoms. The second kappa shape index (κ2) is 6.05. The van der Waals surface area contributed by atoms with Crippen molar-refractivity contribution in [3.05, 3.63) is 65.2 Å². The molecular weight excluding hydrogens is 368 g/mol. The number of benzene rings is 2. The van der Waals surface area contributed by atoms with E-state index in [2.05, 4.69) is 4.72 Å². The van der Waals surface area contributed by atoms with E-state index in [9.17, 15) is 23.4 Å². The van der Waals surface area contributed by atoms with Crippen LogP contribution >= 0.6 is 0 Å². The van der Waals surface area contributed by atoms with Crippen LogP contribution < -0.4 is 4.72 Å². The number of nitrogens with zero attached hydrogens (tertiary/aromatic N) is 1. The summed E-state index contributed by atoms with van der Waals surface area (Å²) in [5, 5.41) is 19.4. The van der Waals surface area contributed by atoms with Crippen molar-refractivity contribution in [2.45, 2.75) is 31.5 Å². The molecule has 0 aromatic heterocycles. The molecule has 1 aliphatic heterocycles. The summed E-state index contributed by atoms with van der Waals surface area (Å²) in [6, 6.07) is 13.8. The van der Waals surface area contributed by atoms with Gasteiger partial charge in [0.15, 0.2) is 0 Å². The topological polar surface area (TPSA) is 107 Å². The Kier molecular flexibility index (Phi) is 4.03. The van der Waals surface area contributed by atoms with Crippen molar-refractivity contribution < 1.29 is 23.4 Å². The van der Waals surface area contributed by atoms with Crippen molar-refractivity contribution in [3.63, 3.8) is 0 Å². The normalized spacial score (nSPS) is 27.3. The number of fused-ring (bicyclic) bond motifs is 1. The standard InChI is InChI=1S/C19H20N2O5S/c1-12-17(13-5-3-2-4-6-13)19(12,18(23)24)20-27(25,26)21-10-14-7-8-16(22)9-15(14)11-21/h2-9,12,17,20,22H,10-11H2,1H3,(H,23,24)/t12?,17-,19-/m0/s1. The van der Waals surface area contributed by atoms with Crippen LogP contribution in [0.4, 0.5) is 0 Å². The number of aliphatic carboxylic acids is 1. The molecule has 3 N–H and O–H groups in total. The first kappa shape index (κ1) is 18.0. The molecule has 1 fully saturated rings. The quantitative estimate of drug-likeness (QED) is 0.724. The summed E-state index contributed by atoms with van der Waals surface area (Å²) in [6.45, 7) is 1.98. The van der Waals surface area contributed by atoms with Gasteiger partial charge in [-0.2, -0.15) is 17.4 Å². The fourth-order valence-corrected chi connectivity index (χ4v) is 5.67. The minimum absolute atomic E-state index is 0.0721. The molecule has 2 aliphatic rings. The van der Waals surface area contributed by atoms with E-state index in [1.807, 2.05) is 30.3 Å². The summed E-state index contributed by atoms with van der Waals surface area (Å²) in [4.78, 5) is 12.1. The van der Waals surface area contributed by atoms with E-state index in [-0.39, 0.29) is 24.8 Å². The number of rotatable bonds is 5. The zero-order valence-corrected chi connectivity index (χ0v) is 15.5. The molecule has 7 nitrogen and oxygen atoms in total. The minimum atomic E-state index is -4.03. The number of phenols is 1. The second-order valence-electron chi connectivity index (χ2n) is 7.18. The van der Waals surface area contributed by atoms with Gasteiger partial charge in [0, 0.05) is 19.0 Å². The third kappa shape index (κ3) is 2.80. The van der Waals surface area contributed by atoms with Gasteiger partial charge in [-0.1, -0.05) is 43.3 Å². The second-order valence-corrected chi connectivity index (χ2v) is 8.85. The third-order valence-electron chi connectivity index (χ3n) is 5.63. The van der Waals surface area contributed by atoms with Crippen molar-refractivity contribution in [1.82, 2.24) is 9.03 Å². The van der Waals surface area contributed by atoms with Crippen LogP contribution in [0.15, 0.2) is 48.5 Å². The number of aromatic hydroxyl groups is 1. The third-order valence-corrected chi connectivity index (χ3v) is 7.17. The van der Waals surface area contributed by atoms with E-state index in [1.165, 1.54) is 16.4 Å². The molecule has 2 aromatic rings. The molecule has 0 saturated heterocycles. The van der Waals surface area contributed by atoms with Gasteiger partial charge in [-0.05, 0) is 34.7 Å². The van der Waals surface area contributed by atoms with Gasteiger partial charge in [-0.15, -0.1) is 0 Å². The molecular formula is C19H20N2O5S. The lowest BCUT2D eigenvalue weighted by Gasteiger charge is -2.21. The van der Waals surface area contributed by atoms with Crippen LogP contribution in [0.5, 0.6) is 5.75 Å². The molecule has 1 heterocycles. The lowest BCUT2D eigenvalue weighted by molar-refractivity contribution is -0.140. The molecule has 0 amide bonds. The Labute approximate surface area is 157 Å². The molecule has 0 spiro atoms. The zero-order valence-electron chi connectivity index (χ0n) is 14.7. The van der Waals surface area contributed by atoms with Gasteiger partial charge in [0.2, 0.25) is 0 Å². The Balaban J connectivity index is 1.61. The van der Waals surface area contributed by atoms with Crippen LogP contribution in [-0.4, -0.2) is 34.4 Å². The molecule has 4 rings (SSSR count). The smallest absolute Gasteiger partial charge is 0.325 e. The highest BCUT2D eigenvalue weighted by atomic mass is 32.2. The van der Waals surface area contributed by atoms with Crippen LogP contribution in [0.25, 0.3) is 0 Å². The molecule has 3 atom stereocenters. The maximum absolute atomic E-state index is 13.0. The summed E-state index contributed by atoms with van der Waals surface area (Å²) in [6.07, 6.45) is 0. The summed E-state index contributed by atoms with van der Waals surface area (Å²) in [5.74, 6) is -1.91. The highest BCUT2D eigenvalue weighted by molar-refractivity contribution is 7.87. The van der Waals surface area contributed by atoms with Gasteiger partial charge in [-0.3, -0.25) is 4.79 Å². The number of hydrogen-bond donors (Lipinski definition) is 3. The number of hydrogen-bond acceptors (Lipinski definition) is 4. The average molecular weight is 388 g/mol. The summed E-state index contributed by atoms with van der Waals surface area (Å²) in [5.41, 5.74) is 0.751. The van der Waals surface area contributed by atoms with Gasteiger partial charge in [0.25, 0.3) is 10.2 Å². The minimum Gasteiger partial charge on any atom is -0.508 e. The first-order valence-electron chi connectivity index (χ1n) is 8.64. The van der Waals surface area contributed by atoms with E-state index in [1.54, 1.807) is 13.0 Å². The fourth-order valence-electron chi connectivity index (χ4n) is 4.10. The molecule has 27 heavy (non-hydrogen) atoms. The van der Waals surface area contributed by atoms with Crippen molar-refractivity contribution in [2.75, 3.05) is 0 Å². The maximum Gasteiger partial charge on any atom is 0.325 e. The predicted molar refractivity (Wildman–Crippen MR) is 98.1 cm³/mol. The van der Waals surface area contributed by atoms with E-state index in [0.29, 0.717) is 5.56 Å². The monoisotopic (exact) mass is 388 g/mol. The summed E-state index contributed by atoms with van der Waals surface area (Å²) >= 11 is 0. The van der Waals surface area contributed by atoms with Gasteiger partial charge in [-0.25, -0.2) is 0 Å². The van der Waals surface area contributed by atoms with Gasteiger partial charge in [0.1, 0.15) is 11.3 Å². The van der Waals surface area contributed by atoms with E-state index in [0.717, 1.165) is 11.1 Å². The number of phenolic OH excluding ortho intramolecular Hbond substituents is 1. The highest BCUT2D eigenvalue weighted by Crippen LogP contribution is 2.58. The molecule has 1 aliphatic carbocycles. The van der Waals surface area contributed by atoms with Crippen LogP contribution in [0.1, 0.15) is 29.5 Å². The number of carbonyl (C=O) groups is 1. The van der Waals surface area contributed by atoms with Crippen LogP contribution in [0.3, 0.4) is 0 Å². The lowest BCUT2D eigenvalue weighted by Crippen LogP contribution is -2.50. The van der Waals surface area contributed by atoms with Crippen molar-refractivity contribution >= 4 is 16.2 Å². The van der Waals surface area contributed by atoms with Crippen molar-refractivity contribution in [1.29, 1.82) is 0 Å². The Morgan fingerprint density at radius 3 is 2.48 bits per heavy atom. The maximum atomic E-state index is 13.0. The van der Waals surface area contributed by atoms with Crippen LogP contribution in [-0.2, 0) is 28.1 Å². The molecule has 1 saturated carbocycles. The Morgan fingerprint density at radius 1 is 1.15 bits per heavy atom. The molecule has 2 aromatic carbocycles. The molecule has 0 bridgehead atoms. The number of nitrogens with one attached hydrogen (secondary N) is 1. The number of carboxylic acid groups (broad SMARTS) is 1. The summed E-state index contributed by atoms with van der Waals surface area (Å²) < 4.78 is 29.6. The Bertz CT molecular complexity index is 1010. The van der Waals surface area contributed by atoms with E-state index in [4.69, 9.17) is 0 Å². The first-order valence-corrected chi connectivity index (χ1v) is 10.1. The largest absolute Gasteiger partial charge is 0.508 e. The first-order chi connectivity index (χ1) is 12.8. The Morgan fingerprint density at radius 2 is 1.81 bits per heavy atom. The SMILES string of the molecule is CC1[C@@H](c2ccccc2)[C@]1(NS(=O)(=O)N1Cc2ccc(O)cc2C1)C(=O)O. The summed E-state index contributed by atoms with van der Waals surface area (Å²) in [7, 11) is -4.03. The average Bonchev–Trinajstić information content (AvgIpc) is 3.00. The molecule has 1 unspecified atom stereocenters. The predicted octanol–water partition coefficient (Wildman–Crippen LogP) is 1.80. The van der Waals surface area contributed by atoms with Crippen LogP contribution in [0.2, 0.25) is 0 Å².